The van der Waals surface area contributed by atoms with E-state index in [1.807, 2.05) is 0 Å². The molecule has 5 heteroatoms. The smallest absolute Gasteiger partial charge is 0.146 e. The van der Waals surface area contributed by atoms with E-state index < -0.39 is 0 Å². The lowest BCUT2D eigenvalue weighted by atomic mass is 9.96. The van der Waals surface area contributed by atoms with E-state index in [2.05, 4.69) is 61.9 Å². The monoisotopic (exact) mass is 367 g/mol. The largest absolute Gasteiger partial charge is 0.317 e. The molecule has 1 aromatic heterocycles. The number of benzene rings is 1. The number of likely N-dealkylation sites (tertiary alicyclic amines) is 2. The molecule has 0 radical (unpaired) electrons. The predicted molar refractivity (Wildman–Crippen MR) is 109 cm³/mol. The molecule has 2 aromatic rings. The van der Waals surface area contributed by atoms with Crippen LogP contribution in [0.15, 0.2) is 30.3 Å². The molecule has 3 heterocycles. The molecule has 1 aromatic carbocycles. The van der Waals surface area contributed by atoms with E-state index in [-0.39, 0.29) is 0 Å². The van der Waals surface area contributed by atoms with Crippen molar-refractivity contribution in [1.82, 2.24) is 24.6 Å². The van der Waals surface area contributed by atoms with E-state index in [9.17, 15) is 0 Å². The number of aryl methyl sites for hydroxylation is 1. The first-order valence-electron chi connectivity index (χ1n) is 10.7. The highest BCUT2D eigenvalue weighted by molar-refractivity contribution is 5.14. The molecule has 0 N–H and O–H groups in total. The third-order valence-corrected chi connectivity index (χ3v) is 6.22. The van der Waals surface area contributed by atoms with Crippen LogP contribution in [0.4, 0.5) is 0 Å². The molecular formula is C22H33N5. The van der Waals surface area contributed by atoms with Crippen LogP contribution in [0.3, 0.4) is 0 Å². The first-order valence-corrected chi connectivity index (χ1v) is 10.7. The van der Waals surface area contributed by atoms with Gasteiger partial charge in [-0.1, -0.05) is 30.3 Å². The van der Waals surface area contributed by atoms with Crippen LogP contribution < -0.4 is 0 Å². The fourth-order valence-electron chi connectivity index (χ4n) is 4.63. The van der Waals surface area contributed by atoms with Gasteiger partial charge < -0.3 is 9.47 Å². The third-order valence-electron chi connectivity index (χ3n) is 6.22. The Hall–Kier alpha value is -1.72. The van der Waals surface area contributed by atoms with Gasteiger partial charge in [0.15, 0.2) is 0 Å². The molecule has 2 aliphatic heterocycles. The summed E-state index contributed by atoms with van der Waals surface area (Å²) in [6.07, 6.45) is 7.56. The minimum absolute atomic E-state index is 0.528. The topological polar surface area (TPSA) is 37.2 Å². The van der Waals surface area contributed by atoms with Gasteiger partial charge in [-0.05, 0) is 70.3 Å². The van der Waals surface area contributed by atoms with E-state index in [1.54, 1.807) is 0 Å². The van der Waals surface area contributed by atoms with Gasteiger partial charge >= 0.3 is 0 Å². The highest BCUT2D eigenvalue weighted by atomic mass is 15.3. The van der Waals surface area contributed by atoms with Gasteiger partial charge in [-0.15, -0.1) is 10.2 Å². The second-order valence-corrected chi connectivity index (χ2v) is 8.25. The van der Waals surface area contributed by atoms with Crippen molar-refractivity contribution in [2.75, 3.05) is 32.7 Å². The molecule has 27 heavy (non-hydrogen) atoms. The number of hydrogen-bond acceptors (Lipinski definition) is 4. The van der Waals surface area contributed by atoms with Crippen LogP contribution in [-0.2, 0) is 20.0 Å². The average molecular weight is 368 g/mol. The van der Waals surface area contributed by atoms with E-state index >= 15 is 0 Å². The quantitative estimate of drug-likeness (QED) is 0.753. The normalized spacial score (nSPS) is 21.7. The van der Waals surface area contributed by atoms with Crippen LogP contribution in [-0.4, -0.2) is 57.3 Å². The van der Waals surface area contributed by atoms with Crippen LogP contribution in [0.25, 0.3) is 0 Å². The van der Waals surface area contributed by atoms with Crippen molar-refractivity contribution in [3.63, 3.8) is 0 Å². The summed E-state index contributed by atoms with van der Waals surface area (Å²) in [6, 6.07) is 10.8. The van der Waals surface area contributed by atoms with Gasteiger partial charge in [0.25, 0.3) is 0 Å². The van der Waals surface area contributed by atoms with Crippen molar-refractivity contribution in [3.05, 3.63) is 47.5 Å². The van der Waals surface area contributed by atoms with Gasteiger partial charge in [-0.25, -0.2) is 0 Å². The standard InChI is InChI=1S/C22H33N5/c1-25-21(18-27-13-5-6-14-27)23-24-22(25)20-12-8-16-26(17-20)15-7-11-19-9-3-2-4-10-19/h2-4,9-10,20H,5-8,11-18H2,1H3. The Morgan fingerprint density at radius 2 is 1.74 bits per heavy atom. The summed E-state index contributed by atoms with van der Waals surface area (Å²) in [5, 5.41) is 9.14. The molecule has 0 amide bonds. The van der Waals surface area contributed by atoms with Crippen molar-refractivity contribution >= 4 is 0 Å². The van der Waals surface area contributed by atoms with Crippen molar-refractivity contribution in [3.8, 4) is 0 Å². The second kappa shape index (κ2) is 8.98. The Morgan fingerprint density at radius 3 is 2.56 bits per heavy atom. The predicted octanol–water partition coefficient (Wildman–Crippen LogP) is 3.22. The van der Waals surface area contributed by atoms with Crippen LogP contribution in [0.1, 0.15) is 55.2 Å². The fourth-order valence-corrected chi connectivity index (χ4v) is 4.63. The minimum Gasteiger partial charge on any atom is -0.317 e. The number of rotatable bonds is 7. The van der Waals surface area contributed by atoms with Crippen molar-refractivity contribution < 1.29 is 0 Å². The SMILES string of the molecule is Cn1c(CN2CCCC2)nnc1C1CCCN(CCCc2ccccc2)C1. The number of hydrogen-bond donors (Lipinski definition) is 0. The van der Waals surface area contributed by atoms with Crippen molar-refractivity contribution in [2.45, 2.75) is 51.0 Å². The summed E-state index contributed by atoms with van der Waals surface area (Å²) < 4.78 is 2.27. The lowest BCUT2D eigenvalue weighted by Crippen LogP contribution is -2.36. The van der Waals surface area contributed by atoms with E-state index in [0.717, 1.165) is 18.9 Å². The zero-order valence-electron chi connectivity index (χ0n) is 16.7. The lowest BCUT2D eigenvalue weighted by Gasteiger charge is -2.32. The lowest BCUT2D eigenvalue weighted by molar-refractivity contribution is 0.200. The molecule has 146 valence electrons. The number of piperidine rings is 1. The molecule has 0 saturated carbocycles. The molecular weight excluding hydrogens is 334 g/mol. The first kappa shape index (κ1) is 18.6. The van der Waals surface area contributed by atoms with E-state index in [1.165, 1.54) is 76.1 Å². The summed E-state index contributed by atoms with van der Waals surface area (Å²) in [5.74, 6) is 2.85. The Kier molecular flexibility index (Phi) is 6.20. The highest BCUT2D eigenvalue weighted by Gasteiger charge is 2.26. The molecule has 4 rings (SSSR count). The third kappa shape index (κ3) is 4.77. The molecule has 5 nitrogen and oxygen atoms in total. The molecule has 2 saturated heterocycles. The van der Waals surface area contributed by atoms with Gasteiger partial charge in [-0.3, -0.25) is 4.90 Å². The van der Waals surface area contributed by atoms with Crippen LogP contribution in [0.2, 0.25) is 0 Å². The van der Waals surface area contributed by atoms with Crippen LogP contribution >= 0.6 is 0 Å². The molecule has 1 atom stereocenters. The second-order valence-electron chi connectivity index (χ2n) is 8.25. The molecule has 2 aliphatic rings. The summed E-state index contributed by atoms with van der Waals surface area (Å²) in [7, 11) is 2.16. The zero-order chi connectivity index (χ0) is 18.5. The summed E-state index contributed by atoms with van der Waals surface area (Å²) >= 11 is 0. The molecule has 2 fully saturated rings. The number of aromatic nitrogens is 3. The van der Waals surface area contributed by atoms with Crippen LogP contribution in [0, 0.1) is 0 Å². The fraction of sp³-hybridized carbons (Fsp3) is 0.636. The molecule has 0 spiro atoms. The molecule has 0 aliphatic carbocycles. The minimum atomic E-state index is 0.528. The summed E-state index contributed by atoms with van der Waals surface area (Å²) in [5.41, 5.74) is 1.45. The van der Waals surface area contributed by atoms with Gasteiger partial charge in [0.1, 0.15) is 11.6 Å². The Balaban J connectivity index is 1.30. The maximum Gasteiger partial charge on any atom is 0.146 e. The molecule has 1 unspecified atom stereocenters. The summed E-state index contributed by atoms with van der Waals surface area (Å²) in [6.45, 7) is 6.91. The Bertz CT molecular complexity index is 705. The van der Waals surface area contributed by atoms with Crippen LogP contribution in [0.5, 0.6) is 0 Å². The van der Waals surface area contributed by atoms with Gasteiger partial charge in [0.2, 0.25) is 0 Å². The maximum absolute atomic E-state index is 4.60. The first-order chi connectivity index (χ1) is 13.3. The summed E-state index contributed by atoms with van der Waals surface area (Å²) in [4.78, 5) is 5.14. The zero-order valence-corrected chi connectivity index (χ0v) is 16.7. The van der Waals surface area contributed by atoms with E-state index in [0.29, 0.717) is 5.92 Å². The average Bonchev–Trinajstić information content (AvgIpc) is 3.34. The maximum atomic E-state index is 4.60. The Labute approximate surface area is 163 Å². The number of nitrogens with zero attached hydrogens (tertiary/aromatic N) is 5. The Morgan fingerprint density at radius 1 is 0.963 bits per heavy atom. The highest BCUT2D eigenvalue weighted by Crippen LogP contribution is 2.26. The van der Waals surface area contributed by atoms with Crippen molar-refractivity contribution in [2.24, 2.45) is 7.05 Å². The molecule has 0 bridgehead atoms. The van der Waals surface area contributed by atoms with E-state index in [4.69, 9.17) is 0 Å². The van der Waals surface area contributed by atoms with Crippen molar-refractivity contribution in [1.29, 1.82) is 0 Å². The van der Waals surface area contributed by atoms with Gasteiger partial charge in [-0.2, -0.15) is 0 Å². The van der Waals surface area contributed by atoms with Gasteiger partial charge in [0, 0.05) is 19.5 Å². The van der Waals surface area contributed by atoms with Gasteiger partial charge in [0.05, 0.1) is 6.54 Å².